The van der Waals surface area contributed by atoms with Crippen LogP contribution in [-0.2, 0) is 4.79 Å². The van der Waals surface area contributed by atoms with E-state index in [4.69, 9.17) is 0 Å². The van der Waals surface area contributed by atoms with E-state index in [0.29, 0.717) is 11.0 Å². The van der Waals surface area contributed by atoms with Crippen molar-refractivity contribution in [1.82, 2.24) is 25.2 Å². The number of rotatable bonds is 7. The molecule has 190 valence electrons. The maximum Gasteiger partial charge on any atom is 0.250 e. The molecule has 39 heavy (non-hydrogen) atoms. The Morgan fingerprint density at radius 1 is 0.897 bits per heavy atom. The molecule has 6 aromatic rings. The van der Waals surface area contributed by atoms with E-state index in [1.165, 1.54) is 11.8 Å². The molecule has 0 atom stereocenters. The fraction of sp³-hybridized carbons (Fsp3) is 0.0645. The first-order valence-electron chi connectivity index (χ1n) is 12.5. The highest BCUT2D eigenvalue weighted by Gasteiger charge is 2.17. The predicted molar refractivity (Wildman–Crippen MR) is 157 cm³/mol. The molecule has 0 aliphatic heterocycles. The molecule has 0 fully saturated rings. The number of amides is 1. The van der Waals surface area contributed by atoms with Crippen LogP contribution in [0.4, 0.5) is 0 Å². The Kier molecular flexibility index (Phi) is 6.84. The number of benzene rings is 4. The molecule has 7 nitrogen and oxygen atoms in total. The Labute approximate surface area is 229 Å². The number of pyridine rings is 1. The number of thioether (sulfide) groups is 1. The van der Waals surface area contributed by atoms with Crippen molar-refractivity contribution < 1.29 is 4.79 Å². The van der Waals surface area contributed by atoms with Gasteiger partial charge in [0.2, 0.25) is 0 Å². The van der Waals surface area contributed by atoms with Crippen LogP contribution in [0.5, 0.6) is 0 Å². The monoisotopic (exact) mass is 528 g/mol. The van der Waals surface area contributed by atoms with Gasteiger partial charge in [-0.15, -0.1) is 10.2 Å². The Morgan fingerprint density at radius 2 is 1.56 bits per heavy atom. The summed E-state index contributed by atoms with van der Waals surface area (Å²) in [5.41, 5.74) is 6.61. The summed E-state index contributed by atoms with van der Waals surface area (Å²) >= 11 is 1.31. The average molecular weight is 529 g/mol. The van der Waals surface area contributed by atoms with E-state index in [1.54, 1.807) is 18.6 Å². The van der Waals surface area contributed by atoms with E-state index in [1.807, 2.05) is 72.2 Å². The minimum absolute atomic E-state index is 0.133. The number of aromatic nitrogens is 4. The number of nitrogens with one attached hydrogen (secondary N) is 1. The maximum absolute atomic E-state index is 12.8. The van der Waals surface area contributed by atoms with Crippen molar-refractivity contribution in [2.45, 2.75) is 12.1 Å². The molecule has 0 radical (unpaired) electrons. The molecule has 0 spiro atoms. The van der Waals surface area contributed by atoms with E-state index in [-0.39, 0.29) is 11.7 Å². The Balaban J connectivity index is 1.22. The van der Waals surface area contributed by atoms with E-state index < -0.39 is 0 Å². The van der Waals surface area contributed by atoms with E-state index >= 15 is 0 Å². The van der Waals surface area contributed by atoms with Crippen LogP contribution in [0.2, 0.25) is 0 Å². The van der Waals surface area contributed by atoms with Crippen molar-refractivity contribution in [3.05, 3.63) is 115 Å². The van der Waals surface area contributed by atoms with Crippen molar-refractivity contribution in [3.63, 3.8) is 0 Å². The molecule has 4 aromatic carbocycles. The average Bonchev–Trinajstić information content (AvgIpc) is 3.40. The fourth-order valence-electron chi connectivity index (χ4n) is 4.50. The van der Waals surface area contributed by atoms with Crippen molar-refractivity contribution in [3.8, 4) is 17.1 Å². The van der Waals surface area contributed by atoms with Gasteiger partial charge in [-0.05, 0) is 58.8 Å². The number of hydrogen-bond acceptors (Lipinski definition) is 6. The maximum atomic E-state index is 12.8. The Morgan fingerprint density at radius 3 is 2.26 bits per heavy atom. The summed E-state index contributed by atoms with van der Waals surface area (Å²) in [4.78, 5) is 16.9. The van der Waals surface area contributed by atoms with Crippen LogP contribution in [-0.4, -0.2) is 37.6 Å². The van der Waals surface area contributed by atoms with E-state index in [9.17, 15) is 4.79 Å². The molecule has 0 aliphatic carbocycles. The van der Waals surface area contributed by atoms with E-state index in [0.717, 1.165) is 43.9 Å². The number of carbonyl (C=O) groups is 1. The molecule has 2 aromatic heterocycles. The summed E-state index contributed by atoms with van der Waals surface area (Å²) in [7, 11) is 0. The summed E-state index contributed by atoms with van der Waals surface area (Å²) in [6.45, 7) is 2.04. The molecule has 2 heterocycles. The quantitative estimate of drug-likeness (QED) is 0.116. The van der Waals surface area contributed by atoms with Gasteiger partial charge in [-0.2, -0.15) is 5.10 Å². The minimum Gasteiger partial charge on any atom is -0.272 e. The van der Waals surface area contributed by atoms with Crippen molar-refractivity contribution in [2.24, 2.45) is 5.10 Å². The zero-order chi connectivity index (χ0) is 26.6. The SMILES string of the molecule is Cc1ccc(-n2c(SCC(=O)N/N=C\c3c4ccccc4cc4ccccc34)nnc2-c2ccncc2)cc1. The lowest BCUT2D eigenvalue weighted by molar-refractivity contribution is -0.118. The predicted octanol–water partition coefficient (Wildman–Crippen LogP) is 6.19. The van der Waals surface area contributed by atoms with Crippen LogP contribution >= 0.6 is 11.8 Å². The molecule has 0 bridgehead atoms. The second kappa shape index (κ2) is 10.9. The largest absolute Gasteiger partial charge is 0.272 e. The van der Waals surface area contributed by atoms with Gasteiger partial charge in [0.15, 0.2) is 11.0 Å². The number of hydrazone groups is 1. The number of fused-ring (bicyclic) bond motifs is 2. The van der Waals surface area contributed by atoms with Gasteiger partial charge >= 0.3 is 0 Å². The van der Waals surface area contributed by atoms with Gasteiger partial charge in [-0.3, -0.25) is 14.3 Å². The summed E-state index contributed by atoms with van der Waals surface area (Å²) in [5, 5.41) is 18.2. The van der Waals surface area contributed by atoms with Crippen LogP contribution in [0.1, 0.15) is 11.1 Å². The molecule has 8 heteroatoms. The molecule has 1 N–H and O–H groups in total. The molecule has 0 saturated carbocycles. The second-order valence-electron chi connectivity index (χ2n) is 9.03. The molecule has 1 amide bonds. The normalized spacial score (nSPS) is 11.4. The summed E-state index contributed by atoms with van der Waals surface area (Å²) in [6, 6.07) is 30.4. The molecular formula is C31H24N6OS. The van der Waals surface area contributed by atoms with Gasteiger partial charge in [-0.25, -0.2) is 5.43 Å². The molecular weight excluding hydrogens is 504 g/mol. The fourth-order valence-corrected chi connectivity index (χ4v) is 5.24. The first kappa shape index (κ1) is 24.5. The third kappa shape index (κ3) is 5.15. The van der Waals surface area contributed by atoms with Crippen LogP contribution in [0, 0.1) is 6.92 Å². The summed E-state index contributed by atoms with van der Waals surface area (Å²) in [5.74, 6) is 0.586. The number of carbonyl (C=O) groups excluding carboxylic acids is 1. The number of hydrogen-bond donors (Lipinski definition) is 1. The molecule has 0 saturated heterocycles. The van der Waals surface area contributed by atoms with Gasteiger partial charge in [0.25, 0.3) is 5.91 Å². The van der Waals surface area contributed by atoms with Crippen LogP contribution in [0.25, 0.3) is 38.6 Å². The summed E-state index contributed by atoms with van der Waals surface area (Å²) in [6.07, 6.45) is 5.17. The lowest BCUT2D eigenvalue weighted by Crippen LogP contribution is -2.20. The van der Waals surface area contributed by atoms with Crippen molar-refractivity contribution in [2.75, 3.05) is 5.75 Å². The van der Waals surface area contributed by atoms with Gasteiger partial charge in [0.1, 0.15) is 0 Å². The Bertz CT molecular complexity index is 1760. The van der Waals surface area contributed by atoms with Crippen LogP contribution < -0.4 is 5.43 Å². The van der Waals surface area contributed by atoms with Crippen molar-refractivity contribution in [1.29, 1.82) is 0 Å². The number of aryl methyl sites for hydroxylation is 1. The second-order valence-corrected chi connectivity index (χ2v) is 9.97. The zero-order valence-electron chi connectivity index (χ0n) is 21.2. The minimum atomic E-state index is -0.232. The highest BCUT2D eigenvalue weighted by atomic mass is 32.2. The molecule has 0 aliphatic rings. The zero-order valence-corrected chi connectivity index (χ0v) is 22.0. The Hall–Kier alpha value is -4.82. The highest BCUT2D eigenvalue weighted by molar-refractivity contribution is 7.99. The lowest BCUT2D eigenvalue weighted by Gasteiger charge is -2.10. The number of nitrogens with zero attached hydrogens (tertiary/aromatic N) is 5. The van der Waals surface area contributed by atoms with Crippen LogP contribution in [0.3, 0.4) is 0 Å². The van der Waals surface area contributed by atoms with E-state index in [2.05, 4.69) is 56.0 Å². The van der Waals surface area contributed by atoms with Gasteiger partial charge in [-0.1, -0.05) is 78.0 Å². The van der Waals surface area contributed by atoms with Gasteiger partial charge in [0.05, 0.1) is 12.0 Å². The molecule has 6 rings (SSSR count). The topological polar surface area (TPSA) is 85.1 Å². The standard InChI is InChI=1S/C31H24N6OS/c1-21-10-12-25(13-11-21)37-30(22-14-16-32-17-15-22)35-36-31(37)39-20-29(38)34-33-19-28-26-8-4-2-6-23(26)18-24-7-3-5-9-27(24)28/h2-19H,20H2,1H3,(H,34,38)/b33-19-. The third-order valence-corrected chi connectivity index (χ3v) is 7.32. The first-order valence-corrected chi connectivity index (χ1v) is 13.4. The molecule has 0 unspecified atom stereocenters. The van der Waals surface area contributed by atoms with Crippen molar-refractivity contribution >= 4 is 45.4 Å². The van der Waals surface area contributed by atoms with Gasteiger partial charge < -0.3 is 0 Å². The first-order chi connectivity index (χ1) is 19.2. The highest BCUT2D eigenvalue weighted by Crippen LogP contribution is 2.29. The summed E-state index contributed by atoms with van der Waals surface area (Å²) < 4.78 is 1.96. The van der Waals surface area contributed by atoms with Crippen LogP contribution in [0.15, 0.2) is 114 Å². The third-order valence-electron chi connectivity index (χ3n) is 6.39. The smallest absolute Gasteiger partial charge is 0.250 e. The lowest BCUT2D eigenvalue weighted by atomic mass is 9.97. The van der Waals surface area contributed by atoms with Gasteiger partial charge in [0, 0.05) is 29.2 Å².